The Kier molecular flexibility index (Phi) is 22.3. The molecule has 0 atom stereocenters. The highest BCUT2D eigenvalue weighted by Gasteiger charge is 1.82. The van der Waals surface area contributed by atoms with Crippen molar-refractivity contribution in [2.24, 2.45) is 0 Å². The molecule has 0 aromatic carbocycles. The van der Waals surface area contributed by atoms with Gasteiger partial charge in [0.25, 0.3) is 0 Å². The van der Waals surface area contributed by atoms with E-state index in [-0.39, 0.29) is 0 Å². The van der Waals surface area contributed by atoms with E-state index in [0.717, 1.165) is 19.0 Å². The first-order chi connectivity index (χ1) is 9.33. The van der Waals surface area contributed by atoms with Crippen LogP contribution in [0.5, 0.6) is 0 Å². The second-order valence-corrected chi connectivity index (χ2v) is 3.85. The number of unbranched alkanes of at least 4 members (excludes halogenated alkanes) is 4. The Morgan fingerprint density at radius 3 is 1.89 bits per heavy atom. The normalized spacial score (nSPS) is 11.3. The fourth-order valence-electron chi connectivity index (χ4n) is 1.19. The van der Waals surface area contributed by atoms with Gasteiger partial charge in [-0.1, -0.05) is 62.6 Å². The van der Waals surface area contributed by atoms with Crippen LogP contribution in [0.3, 0.4) is 0 Å². The first-order valence-corrected chi connectivity index (χ1v) is 6.83. The fourth-order valence-corrected chi connectivity index (χ4v) is 1.19. The predicted molar refractivity (Wildman–Crippen MR) is 83.1 cm³/mol. The van der Waals surface area contributed by atoms with E-state index < -0.39 is 0 Å². The molecule has 0 radical (unpaired) electrons. The van der Waals surface area contributed by atoms with Crippen LogP contribution in [0.25, 0.3) is 0 Å². The number of hydrogen-bond donors (Lipinski definition) is 0. The fraction of sp³-hybridized carbons (Fsp3) is 0.412. The average molecular weight is 262 g/mol. The van der Waals surface area contributed by atoms with Gasteiger partial charge in [0.15, 0.2) is 0 Å². The van der Waals surface area contributed by atoms with Gasteiger partial charge in [-0.25, -0.2) is 0 Å². The molecule has 0 fully saturated rings. The minimum atomic E-state index is 0.750. The molecular weight excluding hydrogens is 236 g/mol. The average Bonchev–Trinajstić information content (AvgIpc) is 2.43. The highest BCUT2D eigenvalue weighted by atomic mass is 16.1. The Morgan fingerprint density at radius 2 is 1.37 bits per heavy atom. The van der Waals surface area contributed by atoms with E-state index in [1.54, 1.807) is 18.2 Å². The molecule has 0 bridgehead atoms. The van der Waals surface area contributed by atoms with Gasteiger partial charge in [0.2, 0.25) is 0 Å². The van der Waals surface area contributed by atoms with Crippen LogP contribution < -0.4 is 0 Å². The van der Waals surface area contributed by atoms with Gasteiger partial charge < -0.3 is 0 Å². The van der Waals surface area contributed by atoms with Crippen molar-refractivity contribution in [1.82, 2.24) is 0 Å². The summed E-state index contributed by atoms with van der Waals surface area (Å²) in [5.41, 5.74) is 0. The van der Waals surface area contributed by atoms with Crippen LogP contribution in [0.15, 0.2) is 48.6 Å². The van der Waals surface area contributed by atoms with E-state index in [1.807, 2.05) is 19.1 Å². The van der Waals surface area contributed by atoms with Crippen LogP contribution in [0.2, 0.25) is 0 Å². The predicted octanol–water partition coefficient (Wildman–Crippen LogP) is 4.59. The van der Waals surface area contributed by atoms with E-state index in [0.29, 0.717) is 0 Å². The maximum atomic E-state index is 9.86. The summed E-state index contributed by atoms with van der Waals surface area (Å²) < 4.78 is 0. The zero-order valence-corrected chi connectivity index (χ0v) is 12.1. The quantitative estimate of drug-likeness (QED) is 0.264. The molecule has 0 aliphatic carbocycles. The number of carbonyl (C=O) groups is 2. The Balaban J connectivity index is 0. The molecule has 0 heterocycles. The minimum Gasteiger partial charge on any atom is -0.299 e. The first-order valence-electron chi connectivity index (χ1n) is 6.83. The summed E-state index contributed by atoms with van der Waals surface area (Å²) in [6.45, 7) is 4.11. The molecule has 0 aliphatic rings. The van der Waals surface area contributed by atoms with Gasteiger partial charge in [-0.15, -0.1) is 0 Å². The van der Waals surface area contributed by atoms with Gasteiger partial charge in [0.05, 0.1) is 0 Å². The third-order valence-electron chi connectivity index (χ3n) is 2.15. The molecule has 0 aliphatic heterocycles. The molecule has 0 rings (SSSR count). The summed E-state index contributed by atoms with van der Waals surface area (Å²) in [5, 5.41) is 0. The van der Waals surface area contributed by atoms with Crippen molar-refractivity contribution >= 4 is 12.6 Å². The third-order valence-corrected chi connectivity index (χ3v) is 2.15. The van der Waals surface area contributed by atoms with Gasteiger partial charge in [0, 0.05) is 0 Å². The van der Waals surface area contributed by atoms with Gasteiger partial charge in [-0.3, -0.25) is 9.59 Å². The molecule has 0 amide bonds. The van der Waals surface area contributed by atoms with Crippen LogP contribution >= 0.6 is 0 Å². The molecule has 106 valence electrons. The van der Waals surface area contributed by atoms with Crippen molar-refractivity contribution in [2.75, 3.05) is 0 Å². The summed E-state index contributed by atoms with van der Waals surface area (Å²) in [6.07, 6.45) is 22.0. The maximum Gasteiger partial charge on any atom is 0.142 e. The number of allylic oxidation sites excluding steroid dienone is 8. The third kappa shape index (κ3) is 26.1. The van der Waals surface area contributed by atoms with Crippen molar-refractivity contribution in [3.05, 3.63) is 48.6 Å². The number of aldehydes is 2. The van der Waals surface area contributed by atoms with Crippen molar-refractivity contribution in [2.45, 2.75) is 46.0 Å². The summed E-state index contributed by atoms with van der Waals surface area (Å²) in [6, 6.07) is 0. The summed E-state index contributed by atoms with van der Waals surface area (Å²) in [7, 11) is 0. The molecule has 0 aromatic rings. The van der Waals surface area contributed by atoms with Gasteiger partial charge >= 0.3 is 0 Å². The molecule has 19 heavy (non-hydrogen) atoms. The summed E-state index contributed by atoms with van der Waals surface area (Å²) in [4.78, 5) is 19.4. The van der Waals surface area contributed by atoms with Gasteiger partial charge in [0.1, 0.15) is 12.6 Å². The topological polar surface area (TPSA) is 34.1 Å². The molecule has 0 aromatic heterocycles. The zero-order valence-electron chi connectivity index (χ0n) is 12.1. The molecule has 2 heteroatoms. The van der Waals surface area contributed by atoms with Crippen LogP contribution in [-0.2, 0) is 9.59 Å². The SMILES string of the molecule is CC=CC=CC=O.CCCCCCC=CC=CC=O. The summed E-state index contributed by atoms with van der Waals surface area (Å²) >= 11 is 0. The van der Waals surface area contributed by atoms with Crippen LogP contribution in [0.4, 0.5) is 0 Å². The number of carbonyl (C=O) groups excluding carboxylic acids is 2. The molecule has 0 spiro atoms. The largest absolute Gasteiger partial charge is 0.299 e. The highest BCUT2D eigenvalue weighted by Crippen LogP contribution is 2.02. The van der Waals surface area contributed by atoms with Crippen molar-refractivity contribution < 1.29 is 9.59 Å². The highest BCUT2D eigenvalue weighted by molar-refractivity contribution is 5.65. The second kappa shape index (κ2) is 21.6. The van der Waals surface area contributed by atoms with E-state index in [2.05, 4.69) is 13.0 Å². The Bertz CT molecular complexity index is 296. The van der Waals surface area contributed by atoms with E-state index in [9.17, 15) is 9.59 Å². The van der Waals surface area contributed by atoms with Crippen molar-refractivity contribution in [3.63, 3.8) is 0 Å². The molecule has 0 N–H and O–H groups in total. The number of hydrogen-bond acceptors (Lipinski definition) is 2. The first kappa shape index (κ1) is 19.6. The number of rotatable bonds is 9. The smallest absolute Gasteiger partial charge is 0.142 e. The maximum absolute atomic E-state index is 9.86. The zero-order chi connectivity index (χ0) is 14.6. The molecule has 2 nitrogen and oxygen atoms in total. The van der Waals surface area contributed by atoms with E-state index in [1.165, 1.54) is 37.8 Å². The Hall–Kier alpha value is -1.70. The van der Waals surface area contributed by atoms with Gasteiger partial charge in [-0.05, 0) is 31.9 Å². The standard InChI is InChI=1S/C11H18O.C6H8O/c1-2-3-4-5-6-7-8-9-10-11-12;1-2-3-4-5-6-7/h7-11H,2-6H2,1H3;2-6H,1H3. The lowest BCUT2D eigenvalue weighted by atomic mass is 10.1. The second-order valence-electron chi connectivity index (χ2n) is 3.85. The van der Waals surface area contributed by atoms with Crippen molar-refractivity contribution in [1.29, 1.82) is 0 Å². The summed E-state index contributed by atoms with van der Waals surface area (Å²) in [5.74, 6) is 0. The Morgan fingerprint density at radius 1 is 0.737 bits per heavy atom. The van der Waals surface area contributed by atoms with Crippen LogP contribution in [0, 0.1) is 0 Å². The lowest BCUT2D eigenvalue weighted by Gasteiger charge is -1.92. The molecule has 0 unspecified atom stereocenters. The molecule has 0 saturated heterocycles. The van der Waals surface area contributed by atoms with Gasteiger partial charge in [-0.2, -0.15) is 0 Å². The van der Waals surface area contributed by atoms with Crippen LogP contribution in [-0.4, -0.2) is 12.6 Å². The molecule has 0 saturated carbocycles. The monoisotopic (exact) mass is 262 g/mol. The van der Waals surface area contributed by atoms with Crippen molar-refractivity contribution in [3.8, 4) is 0 Å². The molecular formula is C17H26O2. The minimum absolute atomic E-state index is 0.750. The lowest BCUT2D eigenvalue weighted by Crippen LogP contribution is -1.73. The van der Waals surface area contributed by atoms with E-state index >= 15 is 0 Å². The Labute approximate surface area is 117 Å². The van der Waals surface area contributed by atoms with Crippen LogP contribution in [0.1, 0.15) is 46.0 Å². The lowest BCUT2D eigenvalue weighted by molar-refractivity contribution is -0.104. The van der Waals surface area contributed by atoms with E-state index in [4.69, 9.17) is 0 Å².